The molecule has 0 heterocycles. The summed E-state index contributed by atoms with van der Waals surface area (Å²) in [4.78, 5) is 0. The van der Waals surface area contributed by atoms with Gasteiger partial charge in [0.05, 0.1) is 0 Å². The van der Waals surface area contributed by atoms with Crippen molar-refractivity contribution >= 4 is 23.2 Å². The van der Waals surface area contributed by atoms with Gasteiger partial charge in [-0.05, 0) is 12.8 Å². The first-order chi connectivity index (χ1) is 3.81. The van der Waals surface area contributed by atoms with Gasteiger partial charge in [0, 0.05) is 52.1 Å². The summed E-state index contributed by atoms with van der Waals surface area (Å²) in [6, 6.07) is 0. The van der Waals surface area contributed by atoms with Crippen molar-refractivity contribution in [3.63, 3.8) is 0 Å². The van der Waals surface area contributed by atoms with Gasteiger partial charge in [-0.15, -0.1) is 29.8 Å². The summed E-state index contributed by atoms with van der Waals surface area (Å²) in [6.07, 6.45) is 3.75. The number of hydrogen-bond acceptors (Lipinski definition) is 0. The van der Waals surface area contributed by atoms with Gasteiger partial charge >= 0.3 is 0 Å². The molecule has 68 valence electrons. The van der Waals surface area contributed by atoms with Gasteiger partial charge in [0.15, 0.2) is 0 Å². The van der Waals surface area contributed by atoms with Gasteiger partial charge in [-0.1, -0.05) is 6.08 Å². The minimum Gasteiger partial charge on any atom is -0.125 e. The van der Waals surface area contributed by atoms with Crippen molar-refractivity contribution in [3.05, 3.63) is 12.7 Å². The maximum atomic E-state index is 5.66. The molecule has 1 unspecified atom stereocenters. The number of rotatable bonds is 4. The molecule has 0 saturated heterocycles. The number of allylic oxidation sites excluding steroid dienone is 1. The van der Waals surface area contributed by atoms with Gasteiger partial charge in [0.2, 0.25) is 0 Å². The zero-order chi connectivity index (χ0) is 6.41. The Morgan fingerprint density at radius 2 is 1.90 bits per heavy atom. The van der Waals surface area contributed by atoms with Crippen LogP contribution in [0.2, 0.25) is 0 Å². The van der Waals surface area contributed by atoms with Crippen molar-refractivity contribution in [2.75, 3.05) is 5.88 Å². The maximum Gasteiger partial charge on any atom is 0.0474 e. The standard InChI is InChI=1S/C6H10Cl2.2Pd/c1-2-3-4-6(8)5-7;;/h2,6H,1,3-5H2;;. The fourth-order valence-electron chi connectivity index (χ4n) is 0.376. The molecule has 0 aromatic heterocycles. The fraction of sp³-hybridized carbons (Fsp3) is 0.667. The first-order valence-corrected chi connectivity index (χ1v) is 3.59. The molecule has 4 heteroatoms. The Kier molecular flexibility index (Phi) is 23.4. The number of hydrogen-bond donors (Lipinski definition) is 0. The monoisotopic (exact) mass is 364 g/mol. The molecule has 0 radical (unpaired) electrons. The predicted molar refractivity (Wildman–Crippen MR) is 39.8 cm³/mol. The second kappa shape index (κ2) is 13.2. The Morgan fingerprint density at radius 1 is 1.40 bits per heavy atom. The van der Waals surface area contributed by atoms with E-state index in [0.717, 1.165) is 12.8 Å². The summed E-state index contributed by atoms with van der Waals surface area (Å²) in [5.41, 5.74) is 0. The van der Waals surface area contributed by atoms with Crippen LogP contribution in [0.25, 0.3) is 0 Å². The molecule has 0 rings (SSSR count). The summed E-state index contributed by atoms with van der Waals surface area (Å²) in [5, 5.41) is 0.120. The Balaban J connectivity index is -0.000000245. The zero-order valence-corrected chi connectivity index (χ0v) is 9.99. The summed E-state index contributed by atoms with van der Waals surface area (Å²) in [7, 11) is 0. The van der Waals surface area contributed by atoms with Crippen molar-refractivity contribution in [1.82, 2.24) is 0 Å². The van der Waals surface area contributed by atoms with E-state index >= 15 is 0 Å². The minimum absolute atomic E-state index is 0. The molecule has 0 N–H and O–H groups in total. The van der Waals surface area contributed by atoms with Gasteiger partial charge in [0.1, 0.15) is 0 Å². The third-order valence-electron chi connectivity index (χ3n) is 0.851. The average molecular weight is 366 g/mol. The van der Waals surface area contributed by atoms with Crippen molar-refractivity contribution in [2.45, 2.75) is 18.2 Å². The van der Waals surface area contributed by atoms with E-state index in [4.69, 9.17) is 23.2 Å². The van der Waals surface area contributed by atoms with Crippen LogP contribution < -0.4 is 0 Å². The Labute approximate surface area is 100 Å². The normalized spacial score (nSPS) is 10.6. The molecule has 0 aromatic rings. The van der Waals surface area contributed by atoms with Gasteiger partial charge in [0.25, 0.3) is 0 Å². The van der Waals surface area contributed by atoms with Gasteiger partial charge < -0.3 is 0 Å². The van der Waals surface area contributed by atoms with Crippen LogP contribution >= 0.6 is 23.2 Å². The van der Waals surface area contributed by atoms with Gasteiger partial charge in [-0.25, -0.2) is 0 Å². The van der Waals surface area contributed by atoms with E-state index in [-0.39, 0.29) is 46.2 Å². The molecule has 1 atom stereocenters. The largest absolute Gasteiger partial charge is 0.125 e. The van der Waals surface area contributed by atoms with Crippen LogP contribution in [-0.4, -0.2) is 11.3 Å². The summed E-state index contributed by atoms with van der Waals surface area (Å²) in [5.74, 6) is 0.537. The fourth-order valence-corrected chi connectivity index (χ4v) is 0.656. The maximum absolute atomic E-state index is 5.66. The van der Waals surface area contributed by atoms with Crippen molar-refractivity contribution < 1.29 is 40.8 Å². The van der Waals surface area contributed by atoms with Crippen molar-refractivity contribution in [1.29, 1.82) is 0 Å². The van der Waals surface area contributed by atoms with E-state index < -0.39 is 0 Å². The Morgan fingerprint density at radius 3 is 2.20 bits per heavy atom. The van der Waals surface area contributed by atoms with Crippen LogP contribution in [0.1, 0.15) is 12.8 Å². The first kappa shape index (κ1) is 17.7. The molecule has 0 aliphatic rings. The molecule has 0 aliphatic heterocycles. The third-order valence-corrected chi connectivity index (χ3v) is 1.75. The minimum atomic E-state index is 0. The smallest absolute Gasteiger partial charge is 0.0474 e. The third kappa shape index (κ3) is 12.3. The molecule has 0 nitrogen and oxygen atoms in total. The molecule has 0 saturated carbocycles. The van der Waals surface area contributed by atoms with Crippen LogP contribution in [0.15, 0.2) is 12.7 Å². The number of halogens is 2. The molecule has 0 fully saturated rings. The Bertz CT molecular complexity index is 68.8. The van der Waals surface area contributed by atoms with E-state index in [1.54, 1.807) is 0 Å². The summed E-state index contributed by atoms with van der Waals surface area (Å²) >= 11 is 11.1. The van der Waals surface area contributed by atoms with E-state index in [1.165, 1.54) is 0 Å². The van der Waals surface area contributed by atoms with E-state index in [1.807, 2.05) is 6.08 Å². The van der Waals surface area contributed by atoms with E-state index in [2.05, 4.69) is 6.58 Å². The molecule has 0 bridgehead atoms. The average Bonchev–Trinajstić information content (AvgIpc) is 1.83. The first-order valence-electron chi connectivity index (χ1n) is 2.62. The molecular weight excluding hydrogens is 356 g/mol. The van der Waals surface area contributed by atoms with Crippen LogP contribution in [-0.2, 0) is 40.8 Å². The van der Waals surface area contributed by atoms with Crippen LogP contribution in [0.3, 0.4) is 0 Å². The van der Waals surface area contributed by atoms with Crippen molar-refractivity contribution in [3.8, 4) is 0 Å². The molecular formula is C6H10Cl2Pd2. The van der Waals surface area contributed by atoms with E-state index in [0.29, 0.717) is 5.88 Å². The quantitative estimate of drug-likeness (QED) is 0.408. The second-order valence-corrected chi connectivity index (χ2v) is 2.54. The molecule has 0 aliphatic carbocycles. The zero-order valence-electron chi connectivity index (χ0n) is 5.37. The van der Waals surface area contributed by atoms with Crippen LogP contribution in [0.4, 0.5) is 0 Å². The predicted octanol–water partition coefficient (Wildman–Crippen LogP) is 2.79. The Hall–Kier alpha value is 1.64. The van der Waals surface area contributed by atoms with Crippen molar-refractivity contribution in [2.24, 2.45) is 0 Å². The van der Waals surface area contributed by atoms with Gasteiger partial charge in [-0.2, -0.15) is 0 Å². The molecule has 0 spiro atoms. The molecule has 10 heavy (non-hydrogen) atoms. The van der Waals surface area contributed by atoms with Gasteiger partial charge in [-0.3, -0.25) is 0 Å². The second-order valence-electron chi connectivity index (χ2n) is 1.62. The van der Waals surface area contributed by atoms with E-state index in [9.17, 15) is 0 Å². The molecule has 0 aromatic carbocycles. The van der Waals surface area contributed by atoms with Crippen LogP contribution in [0.5, 0.6) is 0 Å². The van der Waals surface area contributed by atoms with Crippen LogP contribution in [0, 0.1) is 0 Å². The summed E-state index contributed by atoms with van der Waals surface area (Å²) in [6.45, 7) is 3.57. The molecule has 0 amide bonds. The topological polar surface area (TPSA) is 0 Å². The number of alkyl halides is 2. The SMILES string of the molecule is C=CCCC(Cl)CCl.[Pd].[Pd]. The summed E-state index contributed by atoms with van der Waals surface area (Å²) < 4.78 is 0.